The van der Waals surface area contributed by atoms with Crippen LogP contribution in [0.15, 0.2) is 30.3 Å². The lowest BCUT2D eigenvalue weighted by molar-refractivity contribution is -0.0261. The fourth-order valence-corrected chi connectivity index (χ4v) is 3.17. The summed E-state index contributed by atoms with van der Waals surface area (Å²) in [5.74, 6) is -8.64. The zero-order valence-electron chi connectivity index (χ0n) is 10.4. The van der Waals surface area contributed by atoms with Gasteiger partial charge < -0.3 is 0 Å². The van der Waals surface area contributed by atoms with E-state index in [1.54, 1.807) is 22.6 Å². The van der Waals surface area contributed by atoms with Crippen LogP contribution in [0.2, 0.25) is 0 Å². The molecule has 0 N–H and O–H groups in total. The van der Waals surface area contributed by atoms with Crippen molar-refractivity contribution >= 4 is 22.6 Å². The van der Waals surface area contributed by atoms with E-state index in [-0.39, 0.29) is 15.6 Å². The van der Waals surface area contributed by atoms with E-state index in [9.17, 15) is 22.0 Å². The second-order valence-corrected chi connectivity index (χ2v) is 6.08. The minimum atomic E-state index is -3.57. The summed E-state index contributed by atoms with van der Waals surface area (Å²) >= 11 is 1.58. The Bertz CT molecular complexity index is 726. The van der Waals surface area contributed by atoms with E-state index in [1.807, 2.05) is 0 Å². The Morgan fingerprint density at radius 1 is 1.00 bits per heavy atom. The second kappa shape index (κ2) is 4.93. The molecule has 0 spiro atoms. The largest absolute Gasteiger partial charge is 0.283 e. The lowest BCUT2D eigenvalue weighted by Crippen LogP contribution is -2.21. The third kappa shape index (κ3) is 2.15. The fraction of sp³-hybridized carbons (Fsp3) is 0.200. The Kier molecular flexibility index (Phi) is 3.46. The fourth-order valence-electron chi connectivity index (χ4n) is 2.75. The minimum absolute atomic E-state index is 0.0128. The highest BCUT2D eigenvalue weighted by atomic mass is 127. The highest BCUT2D eigenvalue weighted by Crippen LogP contribution is 2.52. The van der Waals surface area contributed by atoms with Gasteiger partial charge in [0, 0.05) is 5.56 Å². The van der Waals surface area contributed by atoms with Gasteiger partial charge in [-0.1, -0.05) is 18.2 Å². The summed E-state index contributed by atoms with van der Waals surface area (Å²) in [6.45, 7) is 0. The molecule has 2 aromatic carbocycles. The number of alkyl halides is 2. The van der Waals surface area contributed by atoms with Crippen LogP contribution in [0, 0.1) is 21.0 Å². The Hall–Kier alpha value is -1.18. The monoisotopic (exact) mass is 410 g/mol. The molecule has 110 valence electrons. The van der Waals surface area contributed by atoms with Crippen molar-refractivity contribution in [1.29, 1.82) is 0 Å². The van der Waals surface area contributed by atoms with Crippen molar-refractivity contribution in [1.82, 2.24) is 0 Å². The van der Waals surface area contributed by atoms with Crippen LogP contribution in [0.1, 0.15) is 22.6 Å². The molecular formula is C15H8F5I. The normalized spacial score (nSPS) is 19.6. The summed E-state index contributed by atoms with van der Waals surface area (Å²) in [6, 6.07) is 6.04. The molecule has 0 saturated heterocycles. The summed E-state index contributed by atoms with van der Waals surface area (Å²) in [4.78, 5) is 0. The molecule has 0 fully saturated rings. The molecule has 1 aliphatic rings. The van der Waals surface area contributed by atoms with Crippen LogP contribution >= 0.6 is 22.6 Å². The Labute approximate surface area is 131 Å². The van der Waals surface area contributed by atoms with E-state index in [1.165, 1.54) is 18.2 Å². The van der Waals surface area contributed by atoms with Gasteiger partial charge in [-0.3, -0.25) is 0 Å². The summed E-state index contributed by atoms with van der Waals surface area (Å²) in [6.07, 6.45) is -0.225. The van der Waals surface area contributed by atoms with Crippen molar-refractivity contribution in [3.05, 3.63) is 68.0 Å². The van der Waals surface area contributed by atoms with Gasteiger partial charge in [-0.15, -0.1) is 0 Å². The molecular weight excluding hydrogens is 402 g/mol. The maximum Gasteiger partial charge on any atom is 0.283 e. The SMILES string of the molecule is Fc1cccc2c1C(F)(F)C(c1ccc(I)c(F)c1F)C2. The van der Waals surface area contributed by atoms with Gasteiger partial charge in [-0.25, -0.2) is 22.0 Å². The molecule has 1 aliphatic carbocycles. The zero-order chi connectivity index (χ0) is 15.4. The molecule has 6 heteroatoms. The zero-order valence-corrected chi connectivity index (χ0v) is 12.6. The minimum Gasteiger partial charge on any atom is -0.206 e. The van der Waals surface area contributed by atoms with E-state index in [0.29, 0.717) is 0 Å². The van der Waals surface area contributed by atoms with Crippen molar-refractivity contribution in [3.8, 4) is 0 Å². The molecule has 1 unspecified atom stereocenters. The van der Waals surface area contributed by atoms with Crippen LogP contribution in [0.4, 0.5) is 22.0 Å². The quantitative estimate of drug-likeness (QED) is 0.347. The van der Waals surface area contributed by atoms with E-state index in [2.05, 4.69) is 0 Å². The van der Waals surface area contributed by atoms with Crippen molar-refractivity contribution in [2.24, 2.45) is 0 Å². The molecule has 21 heavy (non-hydrogen) atoms. The number of hydrogen-bond donors (Lipinski definition) is 0. The second-order valence-electron chi connectivity index (χ2n) is 4.92. The first-order valence-electron chi connectivity index (χ1n) is 6.13. The maximum atomic E-state index is 14.4. The number of fused-ring (bicyclic) bond motifs is 1. The molecule has 3 rings (SSSR count). The van der Waals surface area contributed by atoms with Crippen molar-refractivity contribution in [2.45, 2.75) is 18.3 Å². The van der Waals surface area contributed by atoms with Gasteiger partial charge in [0.05, 0.1) is 15.1 Å². The number of halogens is 6. The van der Waals surface area contributed by atoms with Crippen LogP contribution in [-0.4, -0.2) is 0 Å². The van der Waals surface area contributed by atoms with Crippen LogP contribution < -0.4 is 0 Å². The van der Waals surface area contributed by atoms with Gasteiger partial charge in [-0.2, -0.15) is 0 Å². The van der Waals surface area contributed by atoms with Gasteiger partial charge in [0.2, 0.25) is 0 Å². The molecule has 0 aromatic heterocycles. The van der Waals surface area contributed by atoms with Crippen LogP contribution in [0.5, 0.6) is 0 Å². The number of hydrogen-bond acceptors (Lipinski definition) is 0. The highest BCUT2D eigenvalue weighted by molar-refractivity contribution is 14.1. The first kappa shape index (κ1) is 14.7. The average Bonchev–Trinajstić information content (AvgIpc) is 2.69. The molecule has 0 saturated carbocycles. The van der Waals surface area contributed by atoms with Gasteiger partial charge in [0.1, 0.15) is 5.82 Å². The van der Waals surface area contributed by atoms with Crippen LogP contribution in [0.25, 0.3) is 0 Å². The summed E-state index contributed by atoms with van der Waals surface area (Å²) in [5, 5.41) is 0. The Morgan fingerprint density at radius 2 is 1.71 bits per heavy atom. The van der Waals surface area contributed by atoms with E-state index >= 15 is 0 Å². The van der Waals surface area contributed by atoms with Crippen molar-refractivity contribution in [3.63, 3.8) is 0 Å². The topological polar surface area (TPSA) is 0 Å². The summed E-state index contributed by atoms with van der Waals surface area (Å²) < 4.78 is 70.1. The van der Waals surface area contributed by atoms with Crippen LogP contribution in [-0.2, 0) is 12.3 Å². The number of benzene rings is 2. The molecule has 1 atom stereocenters. The van der Waals surface area contributed by atoms with Gasteiger partial charge in [0.15, 0.2) is 11.6 Å². The molecule has 0 radical (unpaired) electrons. The van der Waals surface area contributed by atoms with E-state index in [0.717, 1.165) is 12.1 Å². The molecule has 0 amide bonds. The Balaban J connectivity index is 2.15. The molecule has 0 nitrogen and oxygen atoms in total. The van der Waals surface area contributed by atoms with E-state index < -0.39 is 40.4 Å². The lowest BCUT2D eigenvalue weighted by Gasteiger charge is -2.21. The average molecular weight is 410 g/mol. The first-order chi connectivity index (χ1) is 9.84. The molecule has 0 aliphatic heterocycles. The third-order valence-electron chi connectivity index (χ3n) is 3.74. The summed E-state index contributed by atoms with van der Waals surface area (Å²) in [7, 11) is 0. The lowest BCUT2D eigenvalue weighted by atomic mass is 9.92. The molecule has 2 aromatic rings. The Morgan fingerprint density at radius 3 is 2.38 bits per heavy atom. The van der Waals surface area contributed by atoms with Crippen molar-refractivity contribution < 1.29 is 22.0 Å². The highest BCUT2D eigenvalue weighted by Gasteiger charge is 2.51. The van der Waals surface area contributed by atoms with Gasteiger partial charge in [0.25, 0.3) is 5.92 Å². The smallest absolute Gasteiger partial charge is 0.206 e. The first-order valence-corrected chi connectivity index (χ1v) is 7.21. The van der Waals surface area contributed by atoms with Crippen molar-refractivity contribution in [2.75, 3.05) is 0 Å². The van der Waals surface area contributed by atoms with Gasteiger partial charge >= 0.3 is 0 Å². The van der Waals surface area contributed by atoms with Crippen LogP contribution in [0.3, 0.4) is 0 Å². The summed E-state index contributed by atoms with van der Waals surface area (Å²) in [5.41, 5.74) is -1.01. The van der Waals surface area contributed by atoms with E-state index in [4.69, 9.17) is 0 Å². The predicted molar refractivity (Wildman–Crippen MR) is 75.8 cm³/mol. The third-order valence-corrected chi connectivity index (χ3v) is 4.57. The molecule has 0 heterocycles. The van der Waals surface area contributed by atoms with Gasteiger partial charge in [-0.05, 0) is 46.7 Å². The predicted octanol–water partition coefficient (Wildman–Crippen LogP) is 5.14. The number of rotatable bonds is 1. The molecule has 0 bridgehead atoms. The standard InChI is InChI=1S/C15H8F5I/c16-10-3-1-2-7-6-9(15(19,20)12(7)10)8-4-5-11(21)14(18)13(8)17/h1-5,9H,6H2. The maximum absolute atomic E-state index is 14.4.